The van der Waals surface area contributed by atoms with Crippen molar-refractivity contribution in [3.8, 4) is 0 Å². The Labute approximate surface area is 83.0 Å². The van der Waals surface area contributed by atoms with Crippen molar-refractivity contribution in [2.45, 2.75) is 12.3 Å². The Morgan fingerprint density at radius 1 is 1.50 bits per heavy atom. The van der Waals surface area contributed by atoms with Crippen LogP contribution in [0.1, 0.15) is 17.0 Å². The molecule has 0 saturated heterocycles. The molecule has 0 aliphatic heterocycles. The molecule has 0 bridgehead atoms. The topological polar surface area (TPSA) is 41.8 Å². The van der Waals surface area contributed by atoms with Gasteiger partial charge in [-0.3, -0.25) is 0 Å². The predicted octanol–water partition coefficient (Wildman–Crippen LogP) is 1.80. The molecule has 1 aliphatic carbocycles. The first-order chi connectivity index (χ1) is 6.86. The number of rotatable bonds is 2. The third-order valence-corrected chi connectivity index (χ3v) is 2.67. The fourth-order valence-corrected chi connectivity index (χ4v) is 1.99. The van der Waals surface area contributed by atoms with E-state index in [2.05, 4.69) is 17.3 Å². The molecule has 0 amide bonds. The van der Waals surface area contributed by atoms with E-state index in [1.807, 2.05) is 12.1 Å². The zero-order valence-electron chi connectivity index (χ0n) is 8.10. The van der Waals surface area contributed by atoms with Gasteiger partial charge >= 0.3 is 0 Å². The van der Waals surface area contributed by atoms with Crippen molar-refractivity contribution in [1.29, 1.82) is 0 Å². The highest BCUT2D eigenvalue weighted by Gasteiger charge is 2.28. The Balaban J connectivity index is 2.37. The molecule has 1 N–H and O–H groups in total. The molecule has 0 spiro atoms. The highest BCUT2D eigenvalue weighted by atomic mass is 16.5. The summed E-state index contributed by atoms with van der Waals surface area (Å²) in [6, 6.07) is 8.14. The SMILES string of the molecule is COCC1C(=NO)Cc2ccccc21. The first-order valence-electron chi connectivity index (χ1n) is 4.64. The normalized spacial score (nSPS) is 22.6. The van der Waals surface area contributed by atoms with Gasteiger partial charge in [0.2, 0.25) is 0 Å². The number of ether oxygens (including phenoxy) is 1. The predicted molar refractivity (Wildman–Crippen MR) is 54.0 cm³/mol. The van der Waals surface area contributed by atoms with Crippen LogP contribution < -0.4 is 0 Å². The Morgan fingerprint density at radius 3 is 3.00 bits per heavy atom. The van der Waals surface area contributed by atoms with Gasteiger partial charge in [-0.1, -0.05) is 29.4 Å². The second-order valence-corrected chi connectivity index (χ2v) is 3.47. The fourth-order valence-electron chi connectivity index (χ4n) is 1.99. The lowest BCUT2D eigenvalue weighted by Crippen LogP contribution is -2.12. The van der Waals surface area contributed by atoms with Crippen LogP contribution in [-0.4, -0.2) is 24.6 Å². The number of benzene rings is 1. The van der Waals surface area contributed by atoms with Crippen molar-refractivity contribution in [1.82, 2.24) is 0 Å². The van der Waals surface area contributed by atoms with E-state index in [-0.39, 0.29) is 5.92 Å². The molecule has 74 valence electrons. The van der Waals surface area contributed by atoms with Crippen LogP contribution in [0.15, 0.2) is 29.4 Å². The van der Waals surface area contributed by atoms with Crippen molar-refractivity contribution in [3.05, 3.63) is 35.4 Å². The molecule has 0 fully saturated rings. The molecule has 1 aromatic carbocycles. The molecule has 1 unspecified atom stereocenters. The minimum absolute atomic E-state index is 0.126. The molecule has 0 heterocycles. The Morgan fingerprint density at radius 2 is 2.29 bits per heavy atom. The third kappa shape index (κ3) is 1.40. The van der Waals surface area contributed by atoms with Gasteiger partial charge in [-0.25, -0.2) is 0 Å². The summed E-state index contributed by atoms with van der Waals surface area (Å²) in [5, 5.41) is 12.2. The number of nitrogens with zero attached hydrogens (tertiary/aromatic N) is 1. The molecular weight excluding hydrogens is 178 g/mol. The Hall–Kier alpha value is -1.35. The highest BCUT2D eigenvalue weighted by Crippen LogP contribution is 2.30. The summed E-state index contributed by atoms with van der Waals surface area (Å²) >= 11 is 0. The molecule has 3 nitrogen and oxygen atoms in total. The lowest BCUT2D eigenvalue weighted by Gasteiger charge is -2.09. The second kappa shape index (κ2) is 3.80. The van der Waals surface area contributed by atoms with Crippen molar-refractivity contribution >= 4 is 5.71 Å². The maximum atomic E-state index is 8.87. The van der Waals surface area contributed by atoms with E-state index < -0.39 is 0 Å². The quantitative estimate of drug-likeness (QED) is 0.572. The highest BCUT2D eigenvalue weighted by molar-refractivity contribution is 5.96. The van der Waals surface area contributed by atoms with E-state index in [1.165, 1.54) is 11.1 Å². The van der Waals surface area contributed by atoms with Crippen LogP contribution in [0.2, 0.25) is 0 Å². The first kappa shape index (κ1) is 9.21. The van der Waals surface area contributed by atoms with Gasteiger partial charge in [-0.05, 0) is 11.1 Å². The van der Waals surface area contributed by atoms with Gasteiger partial charge in [-0.15, -0.1) is 0 Å². The largest absolute Gasteiger partial charge is 0.411 e. The summed E-state index contributed by atoms with van der Waals surface area (Å²) in [6.45, 7) is 0.580. The van der Waals surface area contributed by atoms with Crippen molar-refractivity contribution in [2.75, 3.05) is 13.7 Å². The van der Waals surface area contributed by atoms with E-state index in [0.717, 1.165) is 12.1 Å². The van der Waals surface area contributed by atoms with Crippen LogP contribution in [0, 0.1) is 0 Å². The minimum atomic E-state index is 0.126. The molecule has 14 heavy (non-hydrogen) atoms. The Kier molecular flexibility index (Phi) is 2.50. The van der Waals surface area contributed by atoms with Crippen LogP contribution in [0.5, 0.6) is 0 Å². The third-order valence-electron chi connectivity index (χ3n) is 2.67. The summed E-state index contributed by atoms with van der Waals surface area (Å²) in [7, 11) is 1.66. The first-order valence-corrected chi connectivity index (χ1v) is 4.64. The van der Waals surface area contributed by atoms with Gasteiger partial charge in [0.25, 0.3) is 0 Å². The van der Waals surface area contributed by atoms with E-state index in [9.17, 15) is 0 Å². The van der Waals surface area contributed by atoms with Gasteiger partial charge in [0.1, 0.15) is 0 Å². The summed E-state index contributed by atoms with van der Waals surface area (Å²) in [5.41, 5.74) is 3.26. The smallest absolute Gasteiger partial charge is 0.0712 e. The number of hydrogen-bond donors (Lipinski definition) is 1. The average molecular weight is 191 g/mol. The van der Waals surface area contributed by atoms with Gasteiger partial charge in [-0.2, -0.15) is 0 Å². The van der Waals surface area contributed by atoms with Crippen molar-refractivity contribution < 1.29 is 9.94 Å². The minimum Gasteiger partial charge on any atom is -0.411 e. The molecule has 0 saturated carbocycles. The molecule has 3 heteroatoms. The van der Waals surface area contributed by atoms with E-state index >= 15 is 0 Å². The maximum absolute atomic E-state index is 8.87. The van der Waals surface area contributed by atoms with Crippen LogP contribution in [0.25, 0.3) is 0 Å². The van der Waals surface area contributed by atoms with Crippen LogP contribution in [0.3, 0.4) is 0 Å². The van der Waals surface area contributed by atoms with Crippen LogP contribution in [0.4, 0.5) is 0 Å². The second-order valence-electron chi connectivity index (χ2n) is 3.47. The van der Waals surface area contributed by atoms with Gasteiger partial charge in [0, 0.05) is 19.4 Å². The van der Waals surface area contributed by atoms with Gasteiger partial charge < -0.3 is 9.94 Å². The molecule has 0 radical (unpaired) electrons. The van der Waals surface area contributed by atoms with E-state index in [1.54, 1.807) is 7.11 Å². The summed E-state index contributed by atoms with van der Waals surface area (Å²) in [4.78, 5) is 0. The van der Waals surface area contributed by atoms with E-state index in [4.69, 9.17) is 9.94 Å². The number of oxime groups is 1. The van der Waals surface area contributed by atoms with Crippen LogP contribution >= 0.6 is 0 Å². The average Bonchev–Trinajstić information content (AvgIpc) is 2.58. The number of hydrogen-bond acceptors (Lipinski definition) is 3. The standard InChI is InChI=1S/C11H13NO2/c1-14-7-10-9-5-3-2-4-8(9)6-11(10)12-13/h2-5,10,13H,6-7H2,1H3. The number of methoxy groups -OCH3 is 1. The monoisotopic (exact) mass is 191 g/mol. The molecule has 1 aliphatic rings. The zero-order chi connectivity index (χ0) is 9.97. The van der Waals surface area contributed by atoms with Crippen LogP contribution in [-0.2, 0) is 11.2 Å². The lowest BCUT2D eigenvalue weighted by molar-refractivity contribution is 0.194. The Bertz CT molecular complexity index is 360. The van der Waals surface area contributed by atoms with Gasteiger partial charge in [0.15, 0.2) is 0 Å². The maximum Gasteiger partial charge on any atom is 0.0712 e. The summed E-state index contributed by atoms with van der Waals surface area (Å²) < 4.78 is 5.12. The van der Waals surface area contributed by atoms with Crippen molar-refractivity contribution in [3.63, 3.8) is 0 Å². The van der Waals surface area contributed by atoms with E-state index in [0.29, 0.717) is 6.61 Å². The number of fused-ring (bicyclic) bond motifs is 1. The molecule has 2 rings (SSSR count). The fraction of sp³-hybridized carbons (Fsp3) is 0.364. The van der Waals surface area contributed by atoms with Crippen molar-refractivity contribution in [2.24, 2.45) is 5.16 Å². The summed E-state index contributed by atoms with van der Waals surface area (Å²) in [6.07, 6.45) is 0.737. The lowest BCUT2D eigenvalue weighted by atomic mass is 10.0. The molecule has 1 atom stereocenters. The molecular formula is C11H13NO2. The molecule has 1 aromatic rings. The molecule has 0 aromatic heterocycles. The summed E-state index contributed by atoms with van der Waals surface area (Å²) in [5.74, 6) is 0.126. The zero-order valence-corrected chi connectivity index (χ0v) is 8.10. The van der Waals surface area contributed by atoms with Gasteiger partial charge in [0.05, 0.1) is 12.3 Å².